The molecule has 0 saturated carbocycles. The largest absolute Gasteiger partial charge is 0.447 e. The number of hydrogen-bond acceptors (Lipinski definition) is 3. The maximum Gasteiger partial charge on any atom is 0.410 e. The minimum Gasteiger partial charge on any atom is -0.447 e. The van der Waals surface area contributed by atoms with E-state index in [1.807, 2.05) is 20.8 Å². The van der Waals surface area contributed by atoms with Crippen LogP contribution in [0.25, 0.3) is 0 Å². The van der Waals surface area contributed by atoms with Gasteiger partial charge in [-0.05, 0) is 33.6 Å². The summed E-state index contributed by atoms with van der Waals surface area (Å²) in [4.78, 5) is 13.2. The monoisotopic (exact) mass is 210 g/mol. The number of nitrogens with zero attached hydrogens (tertiary/aromatic N) is 2. The van der Waals surface area contributed by atoms with Gasteiger partial charge in [0, 0.05) is 13.1 Å². The van der Waals surface area contributed by atoms with Crippen LogP contribution in [0.5, 0.6) is 0 Å². The second kappa shape index (κ2) is 4.52. The fraction of sp³-hybridized carbons (Fsp3) is 0.818. The summed E-state index contributed by atoms with van der Waals surface area (Å²) in [7, 11) is 0. The molecule has 1 fully saturated rings. The predicted molar refractivity (Wildman–Crippen MR) is 56.1 cm³/mol. The molecule has 84 valence electrons. The van der Waals surface area contributed by atoms with Crippen molar-refractivity contribution in [2.75, 3.05) is 13.1 Å². The van der Waals surface area contributed by atoms with Crippen LogP contribution in [-0.2, 0) is 4.74 Å². The molecule has 1 aliphatic rings. The first-order chi connectivity index (χ1) is 6.97. The number of amides is 1. The summed E-state index contributed by atoms with van der Waals surface area (Å²) < 4.78 is 5.10. The van der Waals surface area contributed by atoms with Gasteiger partial charge >= 0.3 is 6.09 Å². The molecule has 1 amide bonds. The highest BCUT2D eigenvalue weighted by Gasteiger charge is 2.32. The number of nitriles is 1. The van der Waals surface area contributed by atoms with E-state index in [0.717, 1.165) is 12.8 Å². The van der Waals surface area contributed by atoms with Gasteiger partial charge in [-0.25, -0.2) is 4.79 Å². The van der Waals surface area contributed by atoms with Gasteiger partial charge in [-0.15, -0.1) is 0 Å². The number of hydrogen-bond donors (Lipinski definition) is 0. The Morgan fingerprint density at radius 3 is 2.40 bits per heavy atom. The minimum atomic E-state index is -0.269. The Kier molecular flexibility index (Phi) is 3.57. The van der Waals surface area contributed by atoms with E-state index in [0.29, 0.717) is 13.1 Å². The molecule has 0 bridgehead atoms. The van der Waals surface area contributed by atoms with Crippen molar-refractivity contribution in [3.8, 4) is 6.07 Å². The molecule has 15 heavy (non-hydrogen) atoms. The molecule has 4 nitrogen and oxygen atoms in total. The van der Waals surface area contributed by atoms with Crippen molar-refractivity contribution in [3.05, 3.63) is 0 Å². The van der Waals surface area contributed by atoms with Crippen LogP contribution in [0.1, 0.15) is 33.6 Å². The molecule has 0 aromatic carbocycles. The van der Waals surface area contributed by atoms with Crippen LogP contribution in [0, 0.1) is 16.7 Å². The lowest BCUT2D eigenvalue weighted by Gasteiger charge is -2.34. The Morgan fingerprint density at radius 2 is 2.00 bits per heavy atom. The lowest BCUT2D eigenvalue weighted by Crippen LogP contribution is -2.42. The van der Waals surface area contributed by atoms with Crippen LogP contribution in [0.2, 0.25) is 0 Å². The first-order valence-corrected chi connectivity index (χ1v) is 5.34. The molecule has 0 unspecified atom stereocenters. The third kappa shape index (κ3) is 3.12. The number of ether oxygens (including phenoxy) is 1. The molecule has 1 heterocycles. The summed E-state index contributed by atoms with van der Waals surface area (Å²) in [5, 5.41) is 8.94. The average molecular weight is 210 g/mol. The highest BCUT2D eigenvalue weighted by atomic mass is 16.6. The molecule has 1 rings (SSSR count). The second-order valence-electron chi connectivity index (χ2n) is 4.59. The van der Waals surface area contributed by atoms with E-state index in [9.17, 15) is 4.79 Å². The fourth-order valence-corrected chi connectivity index (χ4v) is 1.57. The Bertz CT molecular complexity index is 273. The van der Waals surface area contributed by atoms with Crippen LogP contribution in [0.3, 0.4) is 0 Å². The molecule has 0 radical (unpaired) electrons. The lowest BCUT2D eigenvalue weighted by atomic mass is 9.82. The standard InChI is InChI=1S/C11H18N2O2/c1-9(2)15-10(14)13-6-4-11(3,8-12)5-7-13/h9H,4-7H2,1-3H3. The van der Waals surface area contributed by atoms with Crippen LogP contribution in [-0.4, -0.2) is 30.2 Å². The van der Waals surface area contributed by atoms with Crippen molar-refractivity contribution in [2.45, 2.75) is 39.7 Å². The van der Waals surface area contributed by atoms with Gasteiger partial charge in [0.2, 0.25) is 0 Å². The molecular formula is C11H18N2O2. The molecule has 4 heteroatoms. The molecule has 1 aliphatic heterocycles. The Balaban J connectivity index is 2.44. The van der Waals surface area contributed by atoms with E-state index in [-0.39, 0.29) is 17.6 Å². The summed E-state index contributed by atoms with van der Waals surface area (Å²) in [6, 6.07) is 2.30. The van der Waals surface area contributed by atoms with Crippen molar-refractivity contribution in [2.24, 2.45) is 5.41 Å². The summed E-state index contributed by atoms with van der Waals surface area (Å²) in [5.74, 6) is 0. The molecule has 0 spiro atoms. The zero-order valence-corrected chi connectivity index (χ0v) is 9.62. The topological polar surface area (TPSA) is 53.3 Å². The first kappa shape index (κ1) is 11.8. The minimum absolute atomic E-state index is 0.0817. The van der Waals surface area contributed by atoms with E-state index < -0.39 is 0 Å². The van der Waals surface area contributed by atoms with Crippen molar-refractivity contribution >= 4 is 6.09 Å². The van der Waals surface area contributed by atoms with Crippen molar-refractivity contribution < 1.29 is 9.53 Å². The predicted octanol–water partition coefficient (Wildman–Crippen LogP) is 2.16. The van der Waals surface area contributed by atoms with E-state index in [1.165, 1.54) is 0 Å². The van der Waals surface area contributed by atoms with Gasteiger partial charge in [-0.1, -0.05) is 0 Å². The van der Waals surface area contributed by atoms with Crippen molar-refractivity contribution in [1.82, 2.24) is 4.90 Å². The molecule has 0 aromatic rings. The third-order valence-electron chi connectivity index (χ3n) is 2.73. The Hall–Kier alpha value is -1.24. The SMILES string of the molecule is CC(C)OC(=O)N1CCC(C)(C#N)CC1. The van der Waals surface area contributed by atoms with E-state index in [1.54, 1.807) is 4.90 Å². The number of rotatable bonds is 1. The van der Waals surface area contributed by atoms with Crippen LogP contribution >= 0.6 is 0 Å². The maximum absolute atomic E-state index is 11.5. The Labute approximate surface area is 90.8 Å². The van der Waals surface area contributed by atoms with Gasteiger partial charge in [0.05, 0.1) is 17.6 Å². The average Bonchev–Trinajstić information content (AvgIpc) is 2.18. The number of carbonyl (C=O) groups is 1. The molecule has 0 atom stereocenters. The van der Waals surface area contributed by atoms with Gasteiger partial charge in [0.25, 0.3) is 0 Å². The second-order valence-corrected chi connectivity index (χ2v) is 4.59. The Morgan fingerprint density at radius 1 is 1.47 bits per heavy atom. The maximum atomic E-state index is 11.5. The summed E-state index contributed by atoms with van der Waals surface area (Å²) in [6.45, 7) is 6.85. The smallest absolute Gasteiger partial charge is 0.410 e. The van der Waals surface area contributed by atoms with Gasteiger partial charge < -0.3 is 9.64 Å². The number of carbonyl (C=O) groups excluding carboxylic acids is 1. The lowest BCUT2D eigenvalue weighted by molar-refractivity contribution is 0.0607. The molecule has 0 aromatic heterocycles. The van der Waals surface area contributed by atoms with Gasteiger partial charge in [-0.3, -0.25) is 0 Å². The number of piperidine rings is 1. The summed E-state index contributed by atoms with van der Waals surface area (Å²) >= 11 is 0. The van der Waals surface area contributed by atoms with E-state index in [4.69, 9.17) is 10.00 Å². The molecule has 0 N–H and O–H groups in total. The molecule has 1 saturated heterocycles. The van der Waals surface area contributed by atoms with Crippen LogP contribution in [0.15, 0.2) is 0 Å². The first-order valence-electron chi connectivity index (χ1n) is 5.34. The summed E-state index contributed by atoms with van der Waals surface area (Å²) in [6.07, 6.45) is 1.12. The highest BCUT2D eigenvalue weighted by Crippen LogP contribution is 2.29. The third-order valence-corrected chi connectivity index (χ3v) is 2.73. The number of likely N-dealkylation sites (tertiary alicyclic amines) is 1. The fourth-order valence-electron chi connectivity index (χ4n) is 1.57. The van der Waals surface area contributed by atoms with E-state index >= 15 is 0 Å². The highest BCUT2D eigenvalue weighted by molar-refractivity contribution is 5.67. The van der Waals surface area contributed by atoms with Crippen LogP contribution in [0.4, 0.5) is 4.79 Å². The zero-order valence-electron chi connectivity index (χ0n) is 9.62. The van der Waals surface area contributed by atoms with Gasteiger partial charge in [0.1, 0.15) is 0 Å². The van der Waals surface area contributed by atoms with Crippen molar-refractivity contribution in [3.63, 3.8) is 0 Å². The van der Waals surface area contributed by atoms with Crippen molar-refractivity contribution in [1.29, 1.82) is 5.26 Å². The molecular weight excluding hydrogens is 192 g/mol. The van der Waals surface area contributed by atoms with Gasteiger partial charge in [-0.2, -0.15) is 5.26 Å². The molecule has 0 aliphatic carbocycles. The van der Waals surface area contributed by atoms with Crippen LogP contribution < -0.4 is 0 Å². The quantitative estimate of drug-likeness (QED) is 0.666. The van der Waals surface area contributed by atoms with E-state index in [2.05, 4.69) is 6.07 Å². The normalized spacial score (nSPS) is 19.8. The summed E-state index contributed by atoms with van der Waals surface area (Å²) in [5.41, 5.74) is -0.269. The zero-order chi connectivity index (χ0) is 11.5. The van der Waals surface area contributed by atoms with Gasteiger partial charge in [0.15, 0.2) is 0 Å².